The van der Waals surface area contributed by atoms with Gasteiger partial charge in [0, 0.05) is 44.3 Å². The molecule has 1 aliphatic rings. The van der Waals surface area contributed by atoms with Gasteiger partial charge < -0.3 is 0 Å². The first-order valence-electron chi connectivity index (χ1n) is 9.36. The quantitative estimate of drug-likeness (QED) is 0.634. The molecule has 0 aliphatic carbocycles. The van der Waals surface area contributed by atoms with E-state index in [4.69, 9.17) is 11.6 Å². The van der Waals surface area contributed by atoms with Crippen molar-refractivity contribution in [3.8, 4) is 0 Å². The molecule has 2 nitrogen and oxygen atoms in total. The molecule has 0 saturated carbocycles. The summed E-state index contributed by atoms with van der Waals surface area (Å²) in [4.78, 5) is 5.07. The maximum atomic E-state index is 6.31. The molecule has 3 heteroatoms. The highest BCUT2D eigenvalue weighted by Gasteiger charge is 2.18. The van der Waals surface area contributed by atoms with Crippen molar-refractivity contribution in [2.24, 2.45) is 0 Å². The minimum Gasteiger partial charge on any atom is -0.297 e. The molecule has 4 rings (SSSR count). The van der Waals surface area contributed by atoms with Crippen LogP contribution in [0.25, 0.3) is 10.8 Å². The van der Waals surface area contributed by atoms with Crippen LogP contribution in [0.1, 0.15) is 16.7 Å². The molecule has 0 atom stereocenters. The van der Waals surface area contributed by atoms with Crippen LogP contribution >= 0.6 is 11.6 Å². The summed E-state index contributed by atoms with van der Waals surface area (Å²) in [5.41, 5.74) is 4.02. The first-order chi connectivity index (χ1) is 12.7. The largest absolute Gasteiger partial charge is 0.297 e. The third-order valence-corrected chi connectivity index (χ3v) is 5.81. The van der Waals surface area contributed by atoms with Crippen LogP contribution in [0.5, 0.6) is 0 Å². The lowest BCUT2D eigenvalue weighted by molar-refractivity contribution is 0.122. The summed E-state index contributed by atoms with van der Waals surface area (Å²) in [5, 5.41) is 3.65. The molecule has 1 heterocycles. The summed E-state index contributed by atoms with van der Waals surface area (Å²) >= 11 is 6.31. The van der Waals surface area contributed by atoms with Crippen LogP contribution < -0.4 is 0 Å². The molecule has 134 valence electrons. The van der Waals surface area contributed by atoms with Gasteiger partial charge in [0.25, 0.3) is 0 Å². The van der Waals surface area contributed by atoms with Crippen molar-refractivity contribution < 1.29 is 0 Å². The van der Waals surface area contributed by atoms with E-state index in [1.807, 2.05) is 12.1 Å². The number of aryl methyl sites for hydroxylation is 1. The Morgan fingerprint density at radius 1 is 0.692 bits per heavy atom. The molecule has 1 fully saturated rings. The Balaban J connectivity index is 1.40. The zero-order chi connectivity index (χ0) is 17.9. The summed E-state index contributed by atoms with van der Waals surface area (Å²) in [6.45, 7) is 8.56. The lowest BCUT2D eigenvalue weighted by Crippen LogP contribution is -2.45. The molecule has 0 aromatic heterocycles. The minimum absolute atomic E-state index is 0.876. The molecular weight excluding hydrogens is 340 g/mol. The second-order valence-electron chi connectivity index (χ2n) is 7.23. The van der Waals surface area contributed by atoms with Crippen molar-refractivity contribution in [3.05, 3.63) is 82.4 Å². The maximum absolute atomic E-state index is 6.31. The van der Waals surface area contributed by atoms with Crippen LogP contribution in [0.3, 0.4) is 0 Å². The second kappa shape index (κ2) is 7.79. The van der Waals surface area contributed by atoms with Crippen LogP contribution in [-0.4, -0.2) is 36.0 Å². The summed E-state index contributed by atoms with van der Waals surface area (Å²) in [7, 11) is 0. The number of nitrogens with zero attached hydrogens (tertiary/aromatic N) is 2. The van der Waals surface area contributed by atoms with E-state index in [0.717, 1.165) is 44.3 Å². The fourth-order valence-electron chi connectivity index (χ4n) is 3.86. The lowest BCUT2D eigenvalue weighted by Gasteiger charge is -2.35. The predicted octanol–water partition coefficient (Wildman–Crippen LogP) is 5.12. The minimum atomic E-state index is 0.876. The monoisotopic (exact) mass is 364 g/mol. The Bertz CT molecular complexity index is 898. The van der Waals surface area contributed by atoms with Crippen molar-refractivity contribution in [2.45, 2.75) is 20.0 Å². The van der Waals surface area contributed by atoms with Gasteiger partial charge in [-0.3, -0.25) is 9.80 Å². The molecule has 0 bridgehead atoms. The average Bonchev–Trinajstić information content (AvgIpc) is 2.67. The van der Waals surface area contributed by atoms with Gasteiger partial charge in [0.2, 0.25) is 0 Å². The Morgan fingerprint density at radius 3 is 1.96 bits per heavy atom. The van der Waals surface area contributed by atoms with E-state index < -0.39 is 0 Å². The summed E-state index contributed by atoms with van der Waals surface area (Å²) in [6, 6.07) is 21.5. The number of rotatable bonds is 4. The van der Waals surface area contributed by atoms with Gasteiger partial charge >= 0.3 is 0 Å². The van der Waals surface area contributed by atoms with E-state index in [2.05, 4.69) is 65.3 Å². The zero-order valence-electron chi connectivity index (χ0n) is 15.3. The highest BCUT2D eigenvalue weighted by atomic mass is 35.5. The van der Waals surface area contributed by atoms with Gasteiger partial charge in [-0.25, -0.2) is 0 Å². The molecule has 0 amide bonds. The smallest absolute Gasteiger partial charge is 0.0451 e. The summed E-state index contributed by atoms with van der Waals surface area (Å²) in [5.74, 6) is 0. The molecule has 1 saturated heterocycles. The normalized spacial score (nSPS) is 16.2. The van der Waals surface area contributed by atoms with Gasteiger partial charge in [-0.1, -0.05) is 66.2 Å². The Kier molecular flexibility index (Phi) is 5.26. The van der Waals surface area contributed by atoms with E-state index in [1.54, 1.807) is 0 Å². The Morgan fingerprint density at radius 2 is 1.27 bits per heavy atom. The lowest BCUT2D eigenvalue weighted by atomic mass is 10.00. The van der Waals surface area contributed by atoms with Crippen molar-refractivity contribution in [2.75, 3.05) is 26.2 Å². The van der Waals surface area contributed by atoms with Crippen molar-refractivity contribution in [1.29, 1.82) is 0 Å². The fraction of sp³-hybridized carbons (Fsp3) is 0.304. The number of piperazine rings is 1. The van der Waals surface area contributed by atoms with Gasteiger partial charge in [-0.15, -0.1) is 0 Å². The summed E-state index contributed by atoms with van der Waals surface area (Å²) in [6.07, 6.45) is 0. The molecule has 3 aromatic rings. The predicted molar refractivity (Wildman–Crippen MR) is 111 cm³/mol. The number of hydrogen-bond donors (Lipinski definition) is 0. The molecule has 1 aliphatic heterocycles. The number of hydrogen-bond acceptors (Lipinski definition) is 2. The first-order valence-corrected chi connectivity index (χ1v) is 9.74. The first kappa shape index (κ1) is 17.5. The van der Waals surface area contributed by atoms with E-state index >= 15 is 0 Å². The molecule has 26 heavy (non-hydrogen) atoms. The molecule has 3 aromatic carbocycles. The number of benzene rings is 3. The van der Waals surface area contributed by atoms with Gasteiger partial charge in [-0.05, 0) is 40.5 Å². The molecule has 0 N–H and O–H groups in total. The topological polar surface area (TPSA) is 6.48 Å². The van der Waals surface area contributed by atoms with Crippen molar-refractivity contribution >= 4 is 22.4 Å². The fourth-order valence-corrected chi connectivity index (χ4v) is 4.06. The van der Waals surface area contributed by atoms with Crippen LogP contribution in [0.4, 0.5) is 0 Å². The Labute approximate surface area is 161 Å². The van der Waals surface area contributed by atoms with E-state index in [1.165, 1.54) is 27.5 Å². The molecular formula is C23H25ClN2. The van der Waals surface area contributed by atoms with E-state index in [-0.39, 0.29) is 0 Å². The van der Waals surface area contributed by atoms with Gasteiger partial charge in [0.15, 0.2) is 0 Å². The third-order valence-electron chi connectivity index (χ3n) is 5.44. The van der Waals surface area contributed by atoms with E-state index in [0.29, 0.717) is 0 Å². The highest BCUT2D eigenvalue weighted by Crippen LogP contribution is 2.24. The van der Waals surface area contributed by atoms with Crippen molar-refractivity contribution in [1.82, 2.24) is 9.80 Å². The summed E-state index contributed by atoms with van der Waals surface area (Å²) < 4.78 is 0. The number of fused-ring (bicyclic) bond motifs is 1. The number of halogens is 1. The second-order valence-corrected chi connectivity index (χ2v) is 7.64. The van der Waals surface area contributed by atoms with Crippen LogP contribution in [-0.2, 0) is 13.1 Å². The average molecular weight is 365 g/mol. The molecule has 0 spiro atoms. The van der Waals surface area contributed by atoms with Gasteiger partial charge in [-0.2, -0.15) is 0 Å². The maximum Gasteiger partial charge on any atom is 0.0451 e. The van der Waals surface area contributed by atoms with E-state index in [9.17, 15) is 0 Å². The zero-order valence-corrected chi connectivity index (χ0v) is 16.0. The SMILES string of the molecule is Cc1ccc(CN2CCN(Cc3ccccc3Cl)CC2)c2ccccc12. The van der Waals surface area contributed by atoms with Crippen LogP contribution in [0, 0.1) is 6.92 Å². The van der Waals surface area contributed by atoms with Crippen LogP contribution in [0.15, 0.2) is 60.7 Å². The molecule has 0 radical (unpaired) electrons. The van der Waals surface area contributed by atoms with Gasteiger partial charge in [0.05, 0.1) is 0 Å². The van der Waals surface area contributed by atoms with Crippen molar-refractivity contribution in [3.63, 3.8) is 0 Å². The van der Waals surface area contributed by atoms with Gasteiger partial charge in [0.1, 0.15) is 0 Å². The highest BCUT2D eigenvalue weighted by molar-refractivity contribution is 6.31. The van der Waals surface area contributed by atoms with Crippen LogP contribution in [0.2, 0.25) is 5.02 Å². The Hall–Kier alpha value is -1.87. The third kappa shape index (κ3) is 3.78. The standard InChI is InChI=1S/C23H25ClN2/c1-18-10-11-19(22-8-4-3-7-21(18)22)16-25-12-14-26(15-13-25)17-20-6-2-5-9-23(20)24/h2-11H,12-17H2,1H3. The molecule has 0 unspecified atom stereocenters.